The molecule has 3 atom stereocenters. The van der Waals surface area contributed by atoms with Crippen molar-refractivity contribution in [2.24, 2.45) is 9.98 Å². The molecule has 4 rings (SSSR count). The zero-order valence-electron chi connectivity index (χ0n) is 16.5. The number of carbonyl (C=O) groups excluding carboxylic acids is 1. The predicted octanol–water partition coefficient (Wildman–Crippen LogP) is 2.57. The van der Waals surface area contributed by atoms with Gasteiger partial charge in [0.15, 0.2) is 0 Å². The fourth-order valence-corrected chi connectivity index (χ4v) is 4.07. The Morgan fingerprint density at radius 2 is 2.21 bits per heavy atom. The first-order valence-electron chi connectivity index (χ1n) is 9.72. The Hall–Kier alpha value is -2.58. The average Bonchev–Trinajstić information content (AvgIpc) is 3.06. The Balaban J connectivity index is 1.37. The number of amides is 2. The average molecular weight is 417 g/mol. The molecular formula is C20H25ClN6O2. The summed E-state index contributed by atoms with van der Waals surface area (Å²) in [7, 11) is 4.02. The number of likely N-dealkylation sites (tertiary alicyclic amines) is 1. The van der Waals surface area contributed by atoms with Crippen molar-refractivity contribution < 1.29 is 9.53 Å². The van der Waals surface area contributed by atoms with Crippen LogP contribution in [0, 0.1) is 0 Å². The van der Waals surface area contributed by atoms with E-state index in [-0.39, 0.29) is 24.2 Å². The number of carbonyl (C=O) groups is 1. The summed E-state index contributed by atoms with van der Waals surface area (Å²) in [6, 6.07) is 5.01. The Morgan fingerprint density at radius 1 is 1.34 bits per heavy atom. The highest BCUT2D eigenvalue weighted by Crippen LogP contribution is 2.29. The molecule has 154 valence electrons. The second-order valence-electron chi connectivity index (χ2n) is 7.62. The van der Waals surface area contributed by atoms with Crippen LogP contribution in [-0.4, -0.2) is 73.4 Å². The fraction of sp³-hybridized carbons (Fsp3) is 0.450. The van der Waals surface area contributed by atoms with Gasteiger partial charge in [-0.25, -0.2) is 9.79 Å². The van der Waals surface area contributed by atoms with E-state index in [4.69, 9.17) is 16.3 Å². The van der Waals surface area contributed by atoms with Gasteiger partial charge in [0.05, 0.1) is 10.7 Å². The molecule has 1 aromatic rings. The first kappa shape index (κ1) is 19.7. The van der Waals surface area contributed by atoms with Gasteiger partial charge in [-0.2, -0.15) is 0 Å². The van der Waals surface area contributed by atoms with Gasteiger partial charge in [0.25, 0.3) is 0 Å². The molecule has 0 aromatic heterocycles. The Morgan fingerprint density at radius 3 is 3.00 bits per heavy atom. The van der Waals surface area contributed by atoms with Crippen LogP contribution >= 0.6 is 11.6 Å². The molecule has 0 aliphatic carbocycles. The number of halogens is 1. The maximum Gasteiger partial charge on any atom is 0.319 e. The lowest BCUT2D eigenvalue weighted by Crippen LogP contribution is -2.47. The number of nitrogens with one attached hydrogen (secondary N) is 2. The minimum absolute atomic E-state index is 0.00596. The molecule has 2 amide bonds. The molecule has 1 fully saturated rings. The summed E-state index contributed by atoms with van der Waals surface area (Å²) in [5.41, 5.74) is 0.533. The molecule has 3 aliphatic rings. The van der Waals surface area contributed by atoms with E-state index in [1.54, 1.807) is 18.2 Å². The van der Waals surface area contributed by atoms with Crippen molar-refractivity contribution in [3.63, 3.8) is 0 Å². The number of urea groups is 1. The van der Waals surface area contributed by atoms with E-state index < -0.39 is 0 Å². The molecule has 1 aromatic carbocycles. The topological polar surface area (TPSA) is 81.6 Å². The minimum atomic E-state index is -0.254. The quantitative estimate of drug-likeness (QED) is 0.793. The van der Waals surface area contributed by atoms with Gasteiger partial charge in [0.1, 0.15) is 24.2 Å². The smallest absolute Gasteiger partial charge is 0.319 e. The lowest BCUT2D eigenvalue weighted by Gasteiger charge is -2.30. The van der Waals surface area contributed by atoms with Crippen molar-refractivity contribution in [3.8, 4) is 5.75 Å². The second-order valence-corrected chi connectivity index (χ2v) is 8.03. The number of likely N-dealkylation sites (N-methyl/N-ethyl adjacent to an activating group) is 2. The van der Waals surface area contributed by atoms with Crippen molar-refractivity contribution in [2.75, 3.05) is 32.5 Å². The van der Waals surface area contributed by atoms with Crippen LogP contribution in [0.3, 0.4) is 0 Å². The van der Waals surface area contributed by atoms with Crippen LogP contribution < -0.4 is 15.4 Å². The number of nitrogens with zero attached hydrogens (tertiary/aromatic N) is 4. The van der Waals surface area contributed by atoms with Gasteiger partial charge in [-0.3, -0.25) is 4.99 Å². The summed E-state index contributed by atoms with van der Waals surface area (Å²) in [6.45, 7) is 1.92. The first-order valence-corrected chi connectivity index (χ1v) is 10.1. The standard InChI is InChI=1S/C20H25ClN6O2/c1-26-8-3-4-13(11-26)24-20(28)25-16-6-5-14(10-15(16)21)29-19-18-17(22-12-23-19)7-9-27(18)2/h5-7,9-10,12-13,17-18H,3-4,8,11H2,1-2H3,(H2,24,25,28). The number of aliphatic imine (C=N–C) groups is 2. The van der Waals surface area contributed by atoms with Crippen LogP contribution in [0.25, 0.3) is 0 Å². The van der Waals surface area contributed by atoms with Crippen LogP contribution in [-0.2, 0) is 0 Å². The Kier molecular flexibility index (Phi) is 5.73. The van der Waals surface area contributed by atoms with Gasteiger partial charge < -0.3 is 25.2 Å². The van der Waals surface area contributed by atoms with Gasteiger partial charge in [0, 0.05) is 25.7 Å². The van der Waals surface area contributed by atoms with Crippen LogP contribution in [0.15, 0.2) is 40.5 Å². The first-order chi connectivity index (χ1) is 14.0. The summed E-state index contributed by atoms with van der Waals surface area (Å²) < 4.78 is 5.97. The molecule has 1 saturated heterocycles. The van der Waals surface area contributed by atoms with Gasteiger partial charge in [-0.15, -0.1) is 0 Å². The summed E-state index contributed by atoms with van der Waals surface area (Å²) >= 11 is 6.38. The Bertz CT molecular complexity index is 871. The maximum atomic E-state index is 12.3. The zero-order valence-corrected chi connectivity index (χ0v) is 17.3. The molecule has 3 aliphatic heterocycles. The molecule has 0 radical (unpaired) electrons. The van der Waals surface area contributed by atoms with Crippen molar-refractivity contribution in [3.05, 3.63) is 35.5 Å². The second kappa shape index (κ2) is 8.42. The Labute approximate surface area is 175 Å². The molecule has 29 heavy (non-hydrogen) atoms. The molecule has 0 spiro atoms. The summed E-state index contributed by atoms with van der Waals surface area (Å²) in [5.74, 6) is 1.12. The van der Waals surface area contributed by atoms with E-state index in [0.29, 0.717) is 22.4 Å². The molecule has 9 heteroatoms. The highest BCUT2D eigenvalue weighted by atomic mass is 35.5. The number of anilines is 1. The van der Waals surface area contributed by atoms with Crippen LogP contribution in [0.1, 0.15) is 12.8 Å². The molecule has 2 N–H and O–H groups in total. The zero-order chi connectivity index (χ0) is 20.4. The van der Waals surface area contributed by atoms with Crippen LogP contribution in [0.2, 0.25) is 5.02 Å². The lowest BCUT2D eigenvalue weighted by atomic mass is 10.1. The monoisotopic (exact) mass is 416 g/mol. The van der Waals surface area contributed by atoms with Gasteiger partial charge in [-0.05, 0) is 50.8 Å². The van der Waals surface area contributed by atoms with Gasteiger partial charge >= 0.3 is 6.03 Å². The highest BCUT2D eigenvalue weighted by molar-refractivity contribution is 6.33. The van der Waals surface area contributed by atoms with E-state index in [0.717, 1.165) is 25.9 Å². The third-order valence-electron chi connectivity index (χ3n) is 5.33. The molecule has 0 bridgehead atoms. The third-order valence-corrected chi connectivity index (χ3v) is 5.64. The summed E-state index contributed by atoms with van der Waals surface area (Å²) in [5, 5.41) is 6.23. The van der Waals surface area contributed by atoms with Crippen LogP contribution in [0.5, 0.6) is 5.75 Å². The minimum Gasteiger partial charge on any atom is -0.441 e. The SMILES string of the molecule is CN1CCCC(NC(=O)Nc2ccc(OC3=NC=NC4C=CN(C)C34)cc2Cl)C1. The summed E-state index contributed by atoms with van der Waals surface area (Å²) in [6.07, 6.45) is 7.57. The molecule has 3 unspecified atom stereocenters. The van der Waals surface area contributed by atoms with Crippen LogP contribution in [0.4, 0.5) is 10.5 Å². The maximum absolute atomic E-state index is 12.3. The predicted molar refractivity (Wildman–Crippen MR) is 115 cm³/mol. The lowest BCUT2D eigenvalue weighted by molar-refractivity contribution is 0.216. The number of hydrogen-bond acceptors (Lipinski definition) is 6. The number of hydrogen-bond donors (Lipinski definition) is 2. The van der Waals surface area contributed by atoms with Crippen molar-refractivity contribution >= 4 is 35.6 Å². The molecule has 8 nitrogen and oxygen atoms in total. The third kappa shape index (κ3) is 4.54. The van der Waals surface area contributed by atoms with Crippen molar-refractivity contribution in [1.29, 1.82) is 0 Å². The molecule has 0 saturated carbocycles. The number of benzene rings is 1. The van der Waals surface area contributed by atoms with Gasteiger partial charge in [0.2, 0.25) is 5.90 Å². The number of piperidine rings is 1. The summed E-state index contributed by atoms with van der Waals surface area (Å²) in [4.78, 5) is 25.2. The fourth-order valence-electron chi connectivity index (χ4n) is 3.85. The van der Waals surface area contributed by atoms with Gasteiger partial charge in [-0.1, -0.05) is 11.6 Å². The number of fused-ring (bicyclic) bond motifs is 1. The largest absolute Gasteiger partial charge is 0.441 e. The highest BCUT2D eigenvalue weighted by Gasteiger charge is 2.34. The van der Waals surface area contributed by atoms with E-state index in [2.05, 4.69) is 32.6 Å². The van der Waals surface area contributed by atoms with E-state index in [1.807, 2.05) is 24.2 Å². The van der Waals surface area contributed by atoms with Crippen molar-refractivity contribution in [2.45, 2.75) is 31.0 Å². The molecule has 3 heterocycles. The van der Waals surface area contributed by atoms with E-state index >= 15 is 0 Å². The van der Waals surface area contributed by atoms with Crippen molar-refractivity contribution in [1.82, 2.24) is 15.1 Å². The number of rotatable bonds is 3. The van der Waals surface area contributed by atoms with E-state index in [1.165, 1.54) is 6.34 Å². The molecular weight excluding hydrogens is 392 g/mol. The van der Waals surface area contributed by atoms with E-state index in [9.17, 15) is 4.79 Å². The normalized spacial score (nSPS) is 26.1. The number of ether oxygens (including phenoxy) is 1.